The third-order valence-electron chi connectivity index (χ3n) is 1.92. The fourth-order valence-electron chi connectivity index (χ4n) is 1.09. The highest BCUT2D eigenvalue weighted by Gasteiger charge is 2.26. The van der Waals surface area contributed by atoms with E-state index in [1.165, 1.54) is 0 Å². The molecule has 1 amide bonds. The predicted molar refractivity (Wildman–Crippen MR) is 62.8 cm³/mol. The van der Waals surface area contributed by atoms with Gasteiger partial charge in [-0.1, -0.05) is 6.07 Å². The summed E-state index contributed by atoms with van der Waals surface area (Å²) in [4.78, 5) is 13.5. The second-order valence-electron chi connectivity index (χ2n) is 2.89. The van der Waals surface area contributed by atoms with E-state index in [9.17, 15) is 4.79 Å². The zero-order valence-corrected chi connectivity index (χ0v) is 10.5. The van der Waals surface area contributed by atoms with Crippen molar-refractivity contribution in [1.82, 2.24) is 4.90 Å². The molecule has 2 rings (SSSR count). The van der Waals surface area contributed by atoms with Gasteiger partial charge >= 0.3 is 0 Å². The molecule has 1 aliphatic heterocycles. The maximum Gasteiger partial charge on any atom is 0.255 e. The number of nitrogens with zero attached hydrogens (tertiary/aromatic N) is 1. The molecule has 0 atom stereocenters. The van der Waals surface area contributed by atoms with Gasteiger partial charge in [-0.2, -0.15) is 0 Å². The molecule has 0 aliphatic carbocycles. The molecule has 1 saturated heterocycles. The molecule has 1 fully saturated rings. The summed E-state index contributed by atoms with van der Waals surface area (Å²) < 4.78 is 1.98. The molecule has 4 heteroatoms. The predicted octanol–water partition coefficient (Wildman–Crippen LogP) is 2.51. The molecule has 0 radical (unpaired) electrons. The van der Waals surface area contributed by atoms with Crippen LogP contribution in [0.2, 0.25) is 0 Å². The summed E-state index contributed by atoms with van der Waals surface area (Å²) in [5.41, 5.74) is 0.799. The topological polar surface area (TPSA) is 20.1 Å². The van der Waals surface area contributed by atoms with Gasteiger partial charge in [-0.15, -0.1) is 0 Å². The van der Waals surface area contributed by atoms with E-state index >= 15 is 0 Å². The molecule has 68 valence electrons. The number of rotatable bonds is 1. The van der Waals surface area contributed by atoms with Crippen LogP contribution in [0, 0.1) is 3.57 Å². The number of carbonyl (C=O) groups is 1. The van der Waals surface area contributed by atoms with Crippen molar-refractivity contribution in [2.24, 2.45) is 0 Å². The first kappa shape index (κ1) is 9.45. The van der Waals surface area contributed by atoms with Gasteiger partial charge in [-0.25, -0.2) is 0 Å². The first-order valence-corrected chi connectivity index (χ1v) is 5.80. The normalized spacial score (nSPS) is 14.5. The molecule has 0 spiro atoms. The maximum atomic E-state index is 11.7. The molecule has 0 saturated carbocycles. The third-order valence-corrected chi connectivity index (χ3v) is 4.48. The van der Waals surface area contributed by atoms with Crippen molar-refractivity contribution in [3.05, 3.63) is 31.8 Å². The van der Waals surface area contributed by atoms with Crippen LogP contribution in [0.25, 0.3) is 0 Å². The van der Waals surface area contributed by atoms with Crippen molar-refractivity contribution in [1.29, 1.82) is 0 Å². The van der Waals surface area contributed by atoms with Crippen molar-refractivity contribution < 1.29 is 4.79 Å². The van der Waals surface area contributed by atoms with Gasteiger partial charge < -0.3 is 4.90 Å². The zero-order valence-electron chi connectivity index (χ0n) is 6.76. The minimum absolute atomic E-state index is 0.144. The fraction of sp³-hybridized carbons (Fsp3) is 0.222. The maximum absolute atomic E-state index is 11.7. The van der Waals surface area contributed by atoms with Crippen LogP contribution < -0.4 is 0 Å². The number of hydrogen-bond acceptors (Lipinski definition) is 1. The first-order valence-electron chi connectivity index (χ1n) is 3.93. The second kappa shape index (κ2) is 3.57. The summed E-state index contributed by atoms with van der Waals surface area (Å²) in [6.07, 6.45) is 0. The Balaban J connectivity index is 2.38. The number of carbonyl (C=O) groups excluding carboxylic acids is 1. The standard InChI is InChI=1S/C9H7BrINO/c10-7-3-1-2-6(8(7)11)9(13)12-4-5-12/h1-3H,4-5H2. The van der Waals surface area contributed by atoms with E-state index in [1.54, 1.807) is 0 Å². The Morgan fingerprint density at radius 3 is 2.77 bits per heavy atom. The molecule has 0 bridgehead atoms. The fourth-order valence-corrected chi connectivity index (χ4v) is 2.05. The number of hydrogen-bond donors (Lipinski definition) is 0. The van der Waals surface area contributed by atoms with Crippen LogP contribution in [-0.4, -0.2) is 23.9 Å². The SMILES string of the molecule is O=C(c1cccc(Br)c1I)N1CC1. The average Bonchev–Trinajstić information content (AvgIpc) is 2.91. The Morgan fingerprint density at radius 2 is 2.15 bits per heavy atom. The summed E-state index contributed by atoms with van der Waals surface area (Å²) in [5.74, 6) is 0.144. The molecule has 0 N–H and O–H groups in total. The number of amides is 1. The minimum Gasteiger partial charge on any atom is -0.335 e. The van der Waals surface area contributed by atoms with Crippen LogP contribution in [0.5, 0.6) is 0 Å². The first-order chi connectivity index (χ1) is 6.20. The molecule has 13 heavy (non-hydrogen) atoms. The lowest BCUT2D eigenvalue weighted by Crippen LogP contribution is -2.12. The van der Waals surface area contributed by atoms with Gasteiger partial charge in [0.05, 0.1) is 5.56 Å². The highest BCUT2D eigenvalue weighted by Crippen LogP contribution is 2.24. The van der Waals surface area contributed by atoms with Crippen molar-refractivity contribution in [2.75, 3.05) is 13.1 Å². The quantitative estimate of drug-likeness (QED) is 0.562. The molecule has 1 heterocycles. The molecule has 0 aromatic heterocycles. The van der Waals surface area contributed by atoms with E-state index < -0.39 is 0 Å². The van der Waals surface area contributed by atoms with Crippen LogP contribution in [-0.2, 0) is 0 Å². The zero-order chi connectivity index (χ0) is 9.42. The summed E-state index contributed by atoms with van der Waals surface area (Å²) >= 11 is 5.59. The lowest BCUT2D eigenvalue weighted by molar-refractivity contribution is 0.0884. The van der Waals surface area contributed by atoms with Gasteiger partial charge in [-0.3, -0.25) is 4.79 Å². The van der Waals surface area contributed by atoms with E-state index in [0.29, 0.717) is 0 Å². The van der Waals surface area contributed by atoms with E-state index in [2.05, 4.69) is 38.5 Å². The Hall–Kier alpha value is -0.100. The molecule has 2 nitrogen and oxygen atoms in total. The van der Waals surface area contributed by atoms with Gasteiger partial charge in [0.2, 0.25) is 0 Å². The van der Waals surface area contributed by atoms with Crippen molar-refractivity contribution >= 4 is 44.4 Å². The minimum atomic E-state index is 0.144. The van der Waals surface area contributed by atoms with Gasteiger partial charge in [-0.05, 0) is 50.7 Å². The monoisotopic (exact) mass is 351 g/mol. The third kappa shape index (κ3) is 1.88. The summed E-state index contributed by atoms with van der Waals surface area (Å²) in [7, 11) is 0. The Morgan fingerprint density at radius 1 is 1.46 bits per heavy atom. The summed E-state index contributed by atoms with van der Waals surface area (Å²) in [6.45, 7) is 1.81. The lowest BCUT2D eigenvalue weighted by Gasteiger charge is -2.05. The van der Waals surface area contributed by atoms with Gasteiger partial charge in [0.25, 0.3) is 5.91 Å². The van der Waals surface area contributed by atoms with E-state index in [-0.39, 0.29) is 5.91 Å². The summed E-state index contributed by atoms with van der Waals surface area (Å²) in [6, 6.07) is 5.71. The molecular formula is C9H7BrINO. The van der Waals surface area contributed by atoms with Gasteiger partial charge in [0.15, 0.2) is 0 Å². The van der Waals surface area contributed by atoms with Crippen molar-refractivity contribution in [3.8, 4) is 0 Å². The summed E-state index contributed by atoms with van der Waals surface area (Å²) in [5, 5.41) is 0. The van der Waals surface area contributed by atoms with E-state index in [4.69, 9.17) is 0 Å². The number of halogens is 2. The Kier molecular flexibility index (Phi) is 2.60. The van der Waals surface area contributed by atoms with Crippen LogP contribution in [0.4, 0.5) is 0 Å². The number of benzene rings is 1. The molecule has 1 aliphatic rings. The van der Waals surface area contributed by atoms with Gasteiger partial charge in [0, 0.05) is 21.1 Å². The van der Waals surface area contributed by atoms with Gasteiger partial charge in [0.1, 0.15) is 0 Å². The molecule has 1 aromatic rings. The lowest BCUT2D eigenvalue weighted by atomic mass is 10.2. The second-order valence-corrected chi connectivity index (χ2v) is 4.83. The Bertz CT molecular complexity index is 363. The molecule has 1 aromatic carbocycles. The van der Waals surface area contributed by atoms with Crippen LogP contribution in [0.15, 0.2) is 22.7 Å². The van der Waals surface area contributed by atoms with Crippen LogP contribution in [0.1, 0.15) is 10.4 Å². The highest BCUT2D eigenvalue weighted by molar-refractivity contribution is 14.1. The smallest absolute Gasteiger partial charge is 0.255 e. The van der Waals surface area contributed by atoms with E-state index in [0.717, 1.165) is 26.7 Å². The van der Waals surface area contributed by atoms with Crippen molar-refractivity contribution in [2.45, 2.75) is 0 Å². The van der Waals surface area contributed by atoms with Crippen LogP contribution >= 0.6 is 38.5 Å². The molecular weight excluding hydrogens is 345 g/mol. The van der Waals surface area contributed by atoms with Crippen molar-refractivity contribution in [3.63, 3.8) is 0 Å². The van der Waals surface area contributed by atoms with E-state index in [1.807, 2.05) is 23.1 Å². The molecule has 0 unspecified atom stereocenters. The Labute approximate surface area is 98.6 Å². The largest absolute Gasteiger partial charge is 0.335 e. The average molecular weight is 352 g/mol. The highest BCUT2D eigenvalue weighted by atomic mass is 127. The van der Waals surface area contributed by atoms with Crippen LogP contribution in [0.3, 0.4) is 0 Å².